The predicted molar refractivity (Wildman–Crippen MR) is 109 cm³/mol. The summed E-state index contributed by atoms with van der Waals surface area (Å²) in [5.41, 5.74) is 11.2. The number of aliphatic hydroxyl groups excluding tert-OH is 1. The molecule has 10 N–H and O–H groups in total. The molecule has 0 saturated heterocycles. The summed E-state index contributed by atoms with van der Waals surface area (Å²) in [6, 6.07) is -5.00. The molecular weight excluding hydrogens is 414 g/mol. The summed E-state index contributed by atoms with van der Waals surface area (Å²) in [4.78, 5) is 58.9. The number of carbonyl (C=O) groups excluding carboxylic acids is 3. The molecule has 0 bridgehead atoms. The first-order chi connectivity index (χ1) is 14.4. The van der Waals surface area contributed by atoms with Gasteiger partial charge in [0, 0.05) is 6.42 Å². The first-order valence-electron chi connectivity index (χ1n) is 9.90. The van der Waals surface area contributed by atoms with Gasteiger partial charge in [0.1, 0.15) is 12.1 Å². The van der Waals surface area contributed by atoms with Gasteiger partial charge in [0.2, 0.25) is 17.7 Å². The highest BCUT2D eigenvalue weighted by atomic mass is 16.4. The molecule has 5 unspecified atom stereocenters. The standard InChI is InChI=1S/C18H33N5O8/c1-9(15(27)23-14(10(2)24)18(30)31)21-17(29)12(6-7-13(25)26)22-16(28)11(20)5-3-4-8-19/h9-12,14,24H,3-8,19-20H2,1-2H3,(H,21,29)(H,22,28)(H,23,27)(H,25,26)(H,30,31). The first-order valence-corrected chi connectivity index (χ1v) is 9.90. The van der Waals surface area contributed by atoms with Crippen LogP contribution in [-0.4, -0.2) is 81.8 Å². The lowest BCUT2D eigenvalue weighted by Crippen LogP contribution is -2.57. The summed E-state index contributed by atoms with van der Waals surface area (Å²) < 4.78 is 0. The van der Waals surface area contributed by atoms with E-state index in [9.17, 15) is 29.1 Å². The van der Waals surface area contributed by atoms with Crippen molar-refractivity contribution in [2.75, 3.05) is 6.54 Å². The molecule has 0 aliphatic carbocycles. The zero-order valence-electron chi connectivity index (χ0n) is 17.7. The molecule has 0 saturated carbocycles. The van der Waals surface area contributed by atoms with E-state index >= 15 is 0 Å². The molecule has 0 aromatic heterocycles. The van der Waals surface area contributed by atoms with Gasteiger partial charge >= 0.3 is 11.9 Å². The Morgan fingerprint density at radius 1 is 0.871 bits per heavy atom. The molecule has 0 heterocycles. The lowest BCUT2D eigenvalue weighted by molar-refractivity contribution is -0.145. The van der Waals surface area contributed by atoms with Crippen LogP contribution in [0.4, 0.5) is 0 Å². The Morgan fingerprint density at radius 2 is 1.48 bits per heavy atom. The minimum Gasteiger partial charge on any atom is -0.481 e. The van der Waals surface area contributed by atoms with Crippen molar-refractivity contribution < 1.29 is 39.3 Å². The minimum atomic E-state index is -1.58. The molecule has 178 valence electrons. The van der Waals surface area contributed by atoms with Crippen LogP contribution in [0.3, 0.4) is 0 Å². The van der Waals surface area contributed by atoms with Gasteiger partial charge in [0.25, 0.3) is 0 Å². The van der Waals surface area contributed by atoms with Gasteiger partial charge in [-0.05, 0) is 39.7 Å². The maximum absolute atomic E-state index is 12.5. The van der Waals surface area contributed by atoms with Crippen molar-refractivity contribution in [3.63, 3.8) is 0 Å². The molecule has 0 radical (unpaired) electrons. The average Bonchev–Trinajstić information content (AvgIpc) is 2.67. The summed E-state index contributed by atoms with van der Waals surface area (Å²) in [5.74, 6) is -5.03. The highest BCUT2D eigenvalue weighted by molar-refractivity contribution is 5.94. The van der Waals surface area contributed by atoms with E-state index in [1.54, 1.807) is 0 Å². The van der Waals surface area contributed by atoms with Gasteiger partial charge in [-0.25, -0.2) is 4.79 Å². The van der Waals surface area contributed by atoms with E-state index in [-0.39, 0.29) is 6.42 Å². The average molecular weight is 447 g/mol. The van der Waals surface area contributed by atoms with Crippen LogP contribution in [0.15, 0.2) is 0 Å². The molecule has 0 aliphatic heterocycles. The number of carboxylic acids is 2. The molecule has 0 aliphatic rings. The van der Waals surface area contributed by atoms with Crippen molar-refractivity contribution in [1.29, 1.82) is 0 Å². The summed E-state index contributed by atoms with van der Waals surface area (Å²) in [6.07, 6.45) is -0.465. The van der Waals surface area contributed by atoms with Crippen LogP contribution in [0, 0.1) is 0 Å². The number of aliphatic hydroxyl groups is 1. The predicted octanol–water partition coefficient (Wildman–Crippen LogP) is -2.75. The van der Waals surface area contributed by atoms with Crippen molar-refractivity contribution in [3.05, 3.63) is 0 Å². The van der Waals surface area contributed by atoms with Crippen LogP contribution in [0.1, 0.15) is 46.0 Å². The monoisotopic (exact) mass is 447 g/mol. The Morgan fingerprint density at radius 3 is 1.97 bits per heavy atom. The maximum Gasteiger partial charge on any atom is 0.328 e. The summed E-state index contributed by atoms with van der Waals surface area (Å²) in [6.45, 7) is 2.88. The number of nitrogens with two attached hydrogens (primary N) is 2. The van der Waals surface area contributed by atoms with Gasteiger partial charge in [-0.2, -0.15) is 0 Å². The van der Waals surface area contributed by atoms with E-state index in [0.29, 0.717) is 25.8 Å². The smallest absolute Gasteiger partial charge is 0.328 e. The highest BCUT2D eigenvalue weighted by Gasteiger charge is 2.30. The van der Waals surface area contributed by atoms with Crippen molar-refractivity contribution in [2.24, 2.45) is 11.5 Å². The number of hydrogen-bond donors (Lipinski definition) is 8. The zero-order chi connectivity index (χ0) is 24.1. The summed E-state index contributed by atoms with van der Waals surface area (Å²) >= 11 is 0. The van der Waals surface area contributed by atoms with Gasteiger partial charge in [-0.3, -0.25) is 19.2 Å². The quantitative estimate of drug-likeness (QED) is 0.120. The summed E-state index contributed by atoms with van der Waals surface area (Å²) in [7, 11) is 0. The minimum absolute atomic E-state index is 0.248. The Labute approximate surface area is 179 Å². The van der Waals surface area contributed by atoms with Crippen molar-refractivity contribution >= 4 is 29.7 Å². The second-order valence-electron chi connectivity index (χ2n) is 7.18. The third kappa shape index (κ3) is 11.3. The number of hydrogen-bond acceptors (Lipinski definition) is 8. The van der Waals surface area contributed by atoms with E-state index in [2.05, 4.69) is 16.0 Å². The fourth-order valence-electron chi connectivity index (χ4n) is 2.50. The second kappa shape index (κ2) is 14.3. The van der Waals surface area contributed by atoms with Crippen LogP contribution >= 0.6 is 0 Å². The highest BCUT2D eigenvalue weighted by Crippen LogP contribution is 2.03. The molecule has 3 amide bonds. The molecule has 5 atom stereocenters. The Hall–Kier alpha value is -2.77. The molecule has 0 aromatic rings. The molecule has 13 heteroatoms. The number of carbonyl (C=O) groups is 5. The normalized spacial score (nSPS) is 15.6. The van der Waals surface area contributed by atoms with E-state index in [0.717, 1.165) is 0 Å². The van der Waals surface area contributed by atoms with Crippen LogP contribution in [0.25, 0.3) is 0 Å². The largest absolute Gasteiger partial charge is 0.481 e. The fraction of sp³-hybridized carbons (Fsp3) is 0.722. The third-order valence-electron chi connectivity index (χ3n) is 4.38. The maximum atomic E-state index is 12.5. The van der Waals surface area contributed by atoms with Gasteiger partial charge in [0.15, 0.2) is 6.04 Å². The second-order valence-corrected chi connectivity index (χ2v) is 7.18. The molecule has 13 nitrogen and oxygen atoms in total. The SMILES string of the molecule is CC(NC(=O)C(CCC(=O)O)NC(=O)C(N)CCCCN)C(=O)NC(C(=O)O)C(C)O. The van der Waals surface area contributed by atoms with Crippen molar-refractivity contribution in [1.82, 2.24) is 16.0 Å². The van der Waals surface area contributed by atoms with Crippen LogP contribution in [0.5, 0.6) is 0 Å². The van der Waals surface area contributed by atoms with Crippen molar-refractivity contribution in [3.8, 4) is 0 Å². The Kier molecular flexibility index (Phi) is 13.0. The van der Waals surface area contributed by atoms with Gasteiger partial charge in [0.05, 0.1) is 12.1 Å². The molecule has 0 spiro atoms. The molecular formula is C18H33N5O8. The number of aliphatic carboxylic acids is 2. The topological polar surface area (TPSA) is 234 Å². The van der Waals surface area contributed by atoms with Crippen LogP contribution < -0.4 is 27.4 Å². The van der Waals surface area contributed by atoms with Gasteiger partial charge < -0.3 is 42.7 Å². The number of carboxylic acid groups (broad SMARTS) is 2. The van der Waals surface area contributed by atoms with Crippen molar-refractivity contribution in [2.45, 2.75) is 76.2 Å². The molecule has 0 rings (SSSR count). The number of nitrogens with one attached hydrogen (secondary N) is 3. The number of unbranched alkanes of at least 4 members (excludes halogenated alkanes) is 1. The Balaban J connectivity index is 5.06. The molecule has 0 aromatic carbocycles. The molecule has 31 heavy (non-hydrogen) atoms. The fourth-order valence-corrected chi connectivity index (χ4v) is 2.50. The van der Waals surface area contributed by atoms with Gasteiger partial charge in [-0.15, -0.1) is 0 Å². The zero-order valence-corrected chi connectivity index (χ0v) is 17.7. The van der Waals surface area contributed by atoms with E-state index in [4.69, 9.17) is 21.7 Å². The molecule has 0 fully saturated rings. The van der Waals surface area contributed by atoms with Crippen LogP contribution in [-0.2, 0) is 24.0 Å². The number of rotatable bonds is 15. The van der Waals surface area contributed by atoms with Gasteiger partial charge in [-0.1, -0.05) is 6.42 Å². The van der Waals surface area contributed by atoms with E-state index in [1.807, 2.05) is 0 Å². The summed E-state index contributed by atoms with van der Waals surface area (Å²) in [5, 5.41) is 34.1. The Bertz CT molecular complexity index is 642. The third-order valence-corrected chi connectivity index (χ3v) is 4.38. The lowest BCUT2D eigenvalue weighted by Gasteiger charge is -2.24. The first kappa shape index (κ1) is 28.2. The van der Waals surface area contributed by atoms with E-state index < -0.39 is 66.4 Å². The lowest BCUT2D eigenvalue weighted by atomic mass is 10.1. The number of amides is 3. The van der Waals surface area contributed by atoms with E-state index in [1.165, 1.54) is 13.8 Å². The van der Waals surface area contributed by atoms with Crippen LogP contribution in [0.2, 0.25) is 0 Å².